The molecule has 0 heterocycles. The van der Waals surface area contributed by atoms with Crippen LogP contribution in [0.5, 0.6) is 0 Å². The lowest BCUT2D eigenvalue weighted by atomic mass is 10.1. The molecule has 12 heteroatoms. The molecular weight excluding hydrogens is 338 g/mol. The van der Waals surface area contributed by atoms with E-state index < -0.39 is 66.8 Å². The normalized spacial score (nSPS) is 15.2. The van der Waals surface area contributed by atoms with Gasteiger partial charge in [0.05, 0.1) is 25.1 Å². The van der Waals surface area contributed by atoms with Gasteiger partial charge in [-0.05, 0) is 13.8 Å². The van der Waals surface area contributed by atoms with Gasteiger partial charge in [-0.3, -0.25) is 19.2 Å². The molecule has 0 aromatic rings. The number of hydrogen-bond acceptors (Lipinski definition) is 7. The second-order valence-electron chi connectivity index (χ2n) is 5.36. The van der Waals surface area contributed by atoms with Gasteiger partial charge in [-0.15, -0.1) is 0 Å². The fraction of sp³-hybridized carbons (Fsp3) is 0.615. The maximum Gasteiger partial charge on any atom is 0.326 e. The molecule has 0 saturated heterocycles. The van der Waals surface area contributed by atoms with E-state index in [1.54, 1.807) is 0 Å². The Kier molecular flexibility index (Phi) is 9.09. The van der Waals surface area contributed by atoms with Gasteiger partial charge in [0.15, 0.2) is 0 Å². The summed E-state index contributed by atoms with van der Waals surface area (Å²) in [5, 5.41) is 24.8. The van der Waals surface area contributed by atoms with Gasteiger partial charge in [0, 0.05) is 0 Å². The molecule has 0 saturated carbocycles. The highest BCUT2D eigenvalue weighted by Crippen LogP contribution is 1.95. The fourth-order valence-electron chi connectivity index (χ4n) is 1.61. The van der Waals surface area contributed by atoms with E-state index in [9.17, 15) is 29.1 Å². The average molecular weight is 361 g/mol. The quantitative estimate of drug-likeness (QED) is 0.202. The summed E-state index contributed by atoms with van der Waals surface area (Å²) in [5.74, 6) is -4.85. The topological polar surface area (TPSA) is 214 Å². The number of nitrogens with one attached hydrogen (secondary N) is 3. The van der Waals surface area contributed by atoms with E-state index in [1.165, 1.54) is 13.8 Å². The molecule has 0 aliphatic heterocycles. The van der Waals surface area contributed by atoms with E-state index in [0.29, 0.717) is 0 Å². The summed E-state index contributed by atoms with van der Waals surface area (Å²) in [6.07, 6.45) is -1.89. The lowest BCUT2D eigenvalue weighted by Gasteiger charge is -2.22. The number of carboxylic acids is 1. The van der Waals surface area contributed by atoms with Crippen LogP contribution in [0.2, 0.25) is 0 Å². The molecule has 0 radical (unpaired) electrons. The minimum Gasteiger partial charge on any atom is -0.480 e. The lowest BCUT2D eigenvalue weighted by molar-refractivity contribution is -0.143. The van der Waals surface area contributed by atoms with Crippen molar-refractivity contribution in [3.8, 4) is 0 Å². The first-order valence-corrected chi connectivity index (χ1v) is 7.27. The molecule has 4 atom stereocenters. The number of aliphatic hydroxyl groups is 1. The van der Waals surface area contributed by atoms with Crippen molar-refractivity contribution >= 4 is 29.6 Å². The number of aliphatic carboxylic acids is 1. The number of aliphatic hydroxyl groups excluding tert-OH is 1. The number of carbonyl (C=O) groups excluding carboxylic acids is 4. The Bertz CT molecular complexity index is 535. The second-order valence-corrected chi connectivity index (χ2v) is 5.36. The Morgan fingerprint density at radius 1 is 1.04 bits per heavy atom. The molecule has 25 heavy (non-hydrogen) atoms. The van der Waals surface area contributed by atoms with Crippen molar-refractivity contribution in [3.63, 3.8) is 0 Å². The zero-order valence-electron chi connectivity index (χ0n) is 13.8. The minimum atomic E-state index is -1.53. The highest BCUT2D eigenvalue weighted by Gasteiger charge is 2.27. The molecule has 142 valence electrons. The monoisotopic (exact) mass is 361 g/mol. The number of amides is 4. The van der Waals surface area contributed by atoms with Gasteiger partial charge in [-0.2, -0.15) is 0 Å². The van der Waals surface area contributed by atoms with Crippen LogP contribution in [0.25, 0.3) is 0 Å². The average Bonchev–Trinajstić information content (AvgIpc) is 2.48. The molecule has 4 unspecified atom stereocenters. The predicted octanol–water partition coefficient (Wildman–Crippen LogP) is -4.24. The summed E-state index contributed by atoms with van der Waals surface area (Å²) in [7, 11) is 0. The molecule has 0 aliphatic carbocycles. The van der Waals surface area contributed by atoms with Crippen LogP contribution in [0.4, 0.5) is 0 Å². The lowest BCUT2D eigenvalue weighted by Crippen LogP contribution is -2.56. The first-order chi connectivity index (χ1) is 11.5. The molecular formula is C13H23N5O7. The van der Waals surface area contributed by atoms with E-state index in [1.807, 2.05) is 5.32 Å². The third-order valence-electron chi connectivity index (χ3n) is 2.94. The van der Waals surface area contributed by atoms with Crippen LogP contribution in [0, 0.1) is 0 Å². The van der Waals surface area contributed by atoms with Gasteiger partial charge in [-0.25, -0.2) is 4.79 Å². The molecule has 0 aromatic heterocycles. The Balaban J connectivity index is 4.67. The smallest absolute Gasteiger partial charge is 0.326 e. The Morgan fingerprint density at radius 3 is 2.00 bits per heavy atom. The summed E-state index contributed by atoms with van der Waals surface area (Å²) < 4.78 is 0. The third-order valence-corrected chi connectivity index (χ3v) is 2.94. The van der Waals surface area contributed by atoms with E-state index in [-0.39, 0.29) is 0 Å². The van der Waals surface area contributed by atoms with E-state index >= 15 is 0 Å². The SMILES string of the molecule is CC(N)C(=O)NC(C(=O)NCC(=O)NC(CC(N)=O)C(=O)O)C(C)O. The first-order valence-electron chi connectivity index (χ1n) is 7.27. The van der Waals surface area contributed by atoms with Crippen LogP contribution in [0.3, 0.4) is 0 Å². The van der Waals surface area contributed by atoms with Gasteiger partial charge < -0.3 is 37.6 Å². The summed E-state index contributed by atoms with van der Waals surface area (Å²) in [6, 6.07) is -3.80. The van der Waals surface area contributed by atoms with Gasteiger partial charge in [0.25, 0.3) is 0 Å². The van der Waals surface area contributed by atoms with Crippen LogP contribution in [0.1, 0.15) is 20.3 Å². The van der Waals surface area contributed by atoms with Crippen LogP contribution in [-0.2, 0) is 24.0 Å². The number of rotatable bonds is 10. The number of carboxylic acid groups (broad SMARTS) is 1. The summed E-state index contributed by atoms with van der Waals surface area (Å²) in [6.45, 7) is 1.99. The molecule has 0 rings (SSSR count). The summed E-state index contributed by atoms with van der Waals surface area (Å²) in [4.78, 5) is 56.7. The number of carbonyl (C=O) groups is 5. The first kappa shape index (κ1) is 22.3. The third kappa shape index (κ3) is 8.62. The molecule has 4 amide bonds. The number of primary amides is 1. The van der Waals surface area contributed by atoms with Crippen molar-refractivity contribution in [2.75, 3.05) is 6.54 Å². The van der Waals surface area contributed by atoms with Crippen molar-refractivity contribution in [3.05, 3.63) is 0 Å². The highest BCUT2D eigenvalue weighted by molar-refractivity contribution is 5.93. The standard InChI is InChI=1S/C13H23N5O7/c1-5(14)11(22)18-10(6(2)19)12(23)16-4-9(21)17-7(13(24)25)3-8(15)20/h5-7,10,19H,3-4,14H2,1-2H3,(H2,15,20)(H,16,23)(H,17,21)(H,18,22)(H,24,25). The van der Waals surface area contributed by atoms with Crippen molar-refractivity contribution in [2.45, 2.75) is 44.5 Å². The van der Waals surface area contributed by atoms with Crippen molar-refractivity contribution < 1.29 is 34.2 Å². The molecule has 0 aromatic carbocycles. The highest BCUT2D eigenvalue weighted by atomic mass is 16.4. The molecule has 9 N–H and O–H groups in total. The molecule has 0 aliphatic rings. The zero-order chi connectivity index (χ0) is 19.7. The Morgan fingerprint density at radius 2 is 1.60 bits per heavy atom. The van der Waals surface area contributed by atoms with Crippen molar-refractivity contribution in [2.24, 2.45) is 11.5 Å². The second kappa shape index (κ2) is 10.2. The van der Waals surface area contributed by atoms with Gasteiger partial charge >= 0.3 is 5.97 Å². The van der Waals surface area contributed by atoms with Crippen LogP contribution in [-0.4, -0.2) is 70.6 Å². The van der Waals surface area contributed by atoms with Crippen LogP contribution < -0.4 is 27.4 Å². The Labute approximate surface area is 143 Å². The van der Waals surface area contributed by atoms with Gasteiger partial charge in [0.2, 0.25) is 23.6 Å². The Hall–Kier alpha value is -2.73. The molecule has 12 nitrogen and oxygen atoms in total. The largest absolute Gasteiger partial charge is 0.480 e. The summed E-state index contributed by atoms with van der Waals surface area (Å²) >= 11 is 0. The minimum absolute atomic E-state index is 0.615. The van der Waals surface area contributed by atoms with E-state index in [0.717, 1.165) is 0 Å². The van der Waals surface area contributed by atoms with Crippen molar-refractivity contribution in [1.82, 2.24) is 16.0 Å². The zero-order valence-corrected chi connectivity index (χ0v) is 13.8. The summed E-state index contributed by atoms with van der Waals surface area (Å²) in [5.41, 5.74) is 10.2. The predicted molar refractivity (Wildman–Crippen MR) is 83.6 cm³/mol. The number of nitrogens with two attached hydrogens (primary N) is 2. The van der Waals surface area contributed by atoms with Gasteiger partial charge in [-0.1, -0.05) is 0 Å². The number of hydrogen-bond donors (Lipinski definition) is 7. The van der Waals surface area contributed by atoms with E-state index in [4.69, 9.17) is 16.6 Å². The molecule has 0 fully saturated rings. The van der Waals surface area contributed by atoms with E-state index in [2.05, 4.69) is 10.6 Å². The maximum atomic E-state index is 11.9. The van der Waals surface area contributed by atoms with Crippen molar-refractivity contribution in [1.29, 1.82) is 0 Å². The van der Waals surface area contributed by atoms with Crippen LogP contribution >= 0.6 is 0 Å². The molecule has 0 spiro atoms. The fourth-order valence-corrected chi connectivity index (χ4v) is 1.61. The van der Waals surface area contributed by atoms with Gasteiger partial charge in [0.1, 0.15) is 12.1 Å². The maximum absolute atomic E-state index is 11.9. The van der Waals surface area contributed by atoms with Crippen LogP contribution in [0.15, 0.2) is 0 Å². The molecule has 0 bridgehead atoms.